The maximum absolute atomic E-state index is 10.3. The van der Waals surface area contributed by atoms with E-state index in [1.54, 1.807) is 16.9 Å². The summed E-state index contributed by atoms with van der Waals surface area (Å²) in [5.74, 6) is 4.21. The SMILES string of the molecule is N#CC#Cc1ccc(-n2cc(COCCOCCOCCOCCOCCC(=O)O)nn2)cc1. The summed E-state index contributed by atoms with van der Waals surface area (Å²) in [5, 5.41) is 25.1. The Morgan fingerprint density at radius 2 is 1.44 bits per heavy atom. The van der Waals surface area contributed by atoms with Crippen LogP contribution in [0.5, 0.6) is 0 Å². The maximum Gasteiger partial charge on any atom is 0.305 e. The van der Waals surface area contributed by atoms with Crippen LogP contribution >= 0.6 is 0 Å². The van der Waals surface area contributed by atoms with E-state index >= 15 is 0 Å². The van der Waals surface area contributed by atoms with Crippen LogP contribution in [0.4, 0.5) is 0 Å². The lowest BCUT2D eigenvalue weighted by atomic mass is 10.2. The van der Waals surface area contributed by atoms with Crippen molar-refractivity contribution in [1.82, 2.24) is 15.0 Å². The van der Waals surface area contributed by atoms with Crippen LogP contribution in [0.2, 0.25) is 0 Å². The molecule has 2 aromatic rings. The van der Waals surface area contributed by atoms with Crippen LogP contribution < -0.4 is 0 Å². The molecule has 182 valence electrons. The van der Waals surface area contributed by atoms with Crippen LogP contribution in [-0.4, -0.2) is 85.5 Å². The van der Waals surface area contributed by atoms with Gasteiger partial charge in [0.05, 0.1) is 84.4 Å². The van der Waals surface area contributed by atoms with E-state index in [-0.39, 0.29) is 13.0 Å². The van der Waals surface area contributed by atoms with Crippen molar-refractivity contribution in [3.05, 3.63) is 41.7 Å². The van der Waals surface area contributed by atoms with Gasteiger partial charge in [0, 0.05) is 11.5 Å². The predicted molar refractivity (Wildman–Crippen MR) is 119 cm³/mol. The summed E-state index contributed by atoms with van der Waals surface area (Å²) < 4.78 is 28.4. The van der Waals surface area contributed by atoms with Crippen molar-refractivity contribution in [2.45, 2.75) is 13.0 Å². The van der Waals surface area contributed by atoms with Crippen LogP contribution in [0.1, 0.15) is 17.7 Å². The Hall–Kier alpha value is -3.32. The largest absolute Gasteiger partial charge is 0.481 e. The third kappa shape index (κ3) is 12.1. The number of nitrogens with zero attached hydrogens (tertiary/aromatic N) is 4. The first kappa shape index (κ1) is 26.9. The quantitative estimate of drug-likeness (QED) is 0.249. The number of carboxylic acid groups (broad SMARTS) is 1. The molecule has 0 atom stereocenters. The Labute approximate surface area is 198 Å². The zero-order valence-electron chi connectivity index (χ0n) is 18.9. The normalized spacial score (nSPS) is 10.4. The highest BCUT2D eigenvalue weighted by atomic mass is 16.6. The van der Waals surface area contributed by atoms with Crippen LogP contribution in [0.25, 0.3) is 5.69 Å². The van der Waals surface area contributed by atoms with Crippen molar-refractivity contribution in [3.63, 3.8) is 0 Å². The summed E-state index contributed by atoms with van der Waals surface area (Å²) in [7, 11) is 0. The smallest absolute Gasteiger partial charge is 0.305 e. The molecule has 0 saturated carbocycles. The minimum absolute atomic E-state index is 0.00637. The molecule has 0 aliphatic rings. The van der Waals surface area contributed by atoms with Crippen LogP contribution in [0.3, 0.4) is 0 Å². The van der Waals surface area contributed by atoms with Crippen LogP contribution in [-0.2, 0) is 35.1 Å². The second kappa shape index (κ2) is 17.2. The van der Waals surface area contributed by atoms with Gasteiger partial charge in [0.25, 0.3) is 0 Å². The Kier molecular flexibility index (Phi) is 13.6. The second-order valence-corrected chi connectivity index (χ2v) is 6.71. The van der Waals surface area contributed by atoms with Crippen molar-refractivity contribution in [3.8, 4) is 23.6 Å². The van der Waals surface area contributed by atoms with Gasteiger partial charge in [-0.3, -0.25) is 4.79 Å². The standard InChI is InChI=1S/C23H28N4O7/c24-8-1-2-20-3-5-22(6-4-20)27-18-21(25-26-27)19-34-17-16-33-15-14-32-13-12-31-11-10-30-9-7-23(28)29/h3-6,18H,7,9-17,19H2,(H,28,29). The van der Waals surface area contributed by atoms with Gasteiger partial charge in [-0.2, -0.15) is 5.26 Å². The molecule has 11 nitrogen and oxygen atoms in total. The molecule has 1 heterocycles. The lowest BCUT2D eigenvalue weighted by Crippen LogP contribution is -2.13. The van der Waals surface area contributed by atoms with Crippen molar-refractivity contribution in [2.75, 3.05) is 59.5 Å². The van der Waals surface area contributed by atoms with Crippen molar-refractivity contribution in [2.24, 2.45) is 0 Å². The highest BCUT2D eigenvalue weighted by molar-refractivity contribution is 5.66. The number of rotatable bonds is 18. The molecule has 1 aromatic heterocycles. The van der Waals surface area contributed by atoms with Gasteiger partial charge in [-0.05, 0) is 24.3 Å². The van der Waals surface area contributed by atoms with E-state index in [0.717, 1.165) is 11.3 Å². The fourth-order valence-electron chi connectivity index (χ4n) is 2.50. The molecule has 1 aromatic carbocycles. The van der Waals surface area contributed by atoms with Gasteiger partial charge in [-0.1, -0.05) is 11.1 Å². The molecule has 0 aliphatic heterocycles. The highest BCUT2D eigenvalue weighted by Crippen LogP contribution is 2.09. The van der Waals surface area contributed by atoms with E-state index in [9.17, 15) is 4.79 Å². The van der Waals surface area contributed by atoms with Gasteiger partial charge in [0.2, 0.25) is 0 Å². The van der Waals surface area contributed by atoms with E-state index in [4.69, 9.17) is 34.1 Å². The molecule has 0 saturated heterocycles. The maximum atomic E-state index is 10.3. The summed E-state index contributed by atoms with van der Waals surface area (Å²) in [6.07, 6.45) is 1.78. The highest BCUT2D eigenvalue weighted by Gasteiger charge is 2.03. The zero-order chi connectivity index (χ0) is 24.3. The predicted octanol–water partition coefficient (Wildman–Crippen LogP) is 1.20. The number of aromatic nitrogens is 3. The fourth-order valence-corrected chi connectivity index (χ4v) is 2.50. The van der Waals surface area contributed by atoms with Gasteiger partial charge in [0.1, 0.15) is 5.69 Å². The monoisotopic (exact) mass is 472 g/mol. The summed E-state index contributed by atoms with van der Waals surface area (Å²) in [6, 6.07) is 9.11. The van der Waals surface area contributed by atoms with Gasteiger partial charge in [0.15, 0.2) is 6.07 Å². The number of ether oxygens (including phenoxy) is 5. The lowest BCUT2D eigenvalue weighted by molar-refractivity contribution is -0.138. The first-order chi connectivity index (χ1) is 16.7. The van der Waals surface area contributed by atoms with E-state index in [0.29, 0.717) is 65.2 Å². The first-order valence-corrected chi connectivity index (χ1v) is 10.7. The van der Waals surface area contributed by atoms with Gasteiger partial charge >= 0.3 is 5.97 Å². The topological polar surface area (TPSA) is 138 Å². The minimum Gasteiger partial charge on any atom is -0.481 e. The molecule has 2 rings (SSSR count). The van der Waals surface area contributed by atoms with Crippen LogP contribution in [0, 0.1) is 23.2 Å². The summed E-state index contributed by atoms with van der Waals surface area (Å²) in [5.41, 5.74) is 2.28. The van der Waals surface area contributed by atoms with Crippen molar-refractivity contribution in [1.29, 1.82) is 5.26 Å². The number of hydrogen-bond donors (Lipinski definition) is 1. The summed E-state index contributed by atoms with van der Waals surface area (Å²) in [4.78, 5) is 10.3. The van der Waals surface area contributed by atoms with Gasteiger partial charge in [-0.25, -0.2) is 4.68 Å². The van der Waals surface area contributed by atoms with E-state index < -0.39 is 5.97 Å². The van der Waals surface area contributed by atoms with Crippen molar-refractivity contribution >= 4 is 5.97 Å². The molecule has 0 bridgehead atoms. The first-order valence-electron chi connectivity index (χ1n) is 10.7. The van der Waals surface area contributed by atoms with Crippen LogP contribution in [0.15, 0.2) is 30.5 Å². The van der Waals surface area contributed by atoms with Crippen molar-refractivity contribution < 1.29 is 33.6 Å². The molecule has 34 heavy (non-hydrogen) atoms. The Balaban J connectivity index is 1.43. The zero-order valence-corrected chi connectivity index (χ0v) is 18.9. The molecule has 0 amide bonds. The molecule has 0 radical (unpaired) electrons. The molecule has 11 heteroatoms. The molecule has 0 spiro atoms. The summed E-state index contributed by atoms with van der Waals surface area (Å²) in [6.45, 7) is 3.91. The third-order valence-corrected chi connectivity index (χ3v) is 4.13. The average molecular weight is 472 g/mol. The molecular weight excluding hydrogens is 444 g/mol. The lowest BCUT2D eigenvalue weighted by Gasteiger charge is -2.07. The number of carboxylic acids is 1. The molecule has 1 N–H and O–H groups in total. The number of hydrogen-bond acceptors (Lipinski definition) is 9. The van der Waals surface area contributed by atoms with Gasteiger partial charge in [-0.15, -0.1) is 5.10 Å². The Morgan fingerprint density at radius 1 is 0.882 bits per heavy atom. The molecule has 0 unspecified atom stereocenters. The van der Waals surface area contributed by atoms with E-state index in [1.807, 2.05) is 24.3 Å². The number of benzene rings is 1. The summed E-state index contributed by atoms with van der Waals surface area (Å²) >= 11 is 0. The third-order valence-electron chi connectivity index (χ3n) is 4.13. The fraction of sp³-hybridized carbons (Fsp3) is 0.478. The molecule has 0 aliphatic carbocycles. The van der Waals surface area contributed by atoms with E-state index in [1.165, 1.54) is 0 Å². The number of aliphatic carboxylic acids is 1. The Bertz CT molecular complexity index is 945. The molecular formula is C23H28N4O7. The minimum atomic E-state index is -0.878. The average Bonchev–Trinajstić information content (AvgIpc) is 3.31. The second-order valence-electron chi connectivity index (χ2n) is 6.71. The number of carbonyl (C=O) groups is 1. The molecule has 0 fully saturated rings. The Morgan fingerprint density at radius 3 is 2.00 bits per heavy atom. The van der Waals surface area contributed by atoms with Gasteiger partial charge < -0.3 is 28.8 Å². The van der Waals surface area contributed by atoms with E-state index in [2.05, 4.69) is 22.2 Å². The number of nitriles is 1.